The van der Waals surface area contributed by atoms with E-state index in [-0.39, 0.29) is 5.91 Å². The van der Waals surface area contributed by atoms with Crippen LogP contribution < -0.4 is 4.90 Å². The second-order valence-corrected chi connectivity index (χ2v) is 4.53. The minimum absolute atomic E-state index is 0.0350. The molecular formula is C17H16N2O. The lowest BCUT2D eigenvalue weighted by atomic mass is 10.0. The summed E-state index contributed by atoms with van der Waals surface area (Å²) in [7, 11) is 1.75. The van der Waals surface area contributed by atoms with Gasteiger partial charge in [-0.05, 0) is 42.3 Å². The number of rotatable bonds is 3. The lowest BCUT2D eigenvalue weighted by molar-refractivity contribution is 0.0992. The fourth-order valence-electron chi connectivity index (χ4n) is 2.09. The normalized spacial score (nSPS) is 9.85. The van der Waals surface area contributed by atoms with Crippen LogP contribution in [0.25, 0.3) is 0 Å². The number of anilines is 1. The van der Waals surface area contributed by atoms with E-state index in [2.05, 4.69) is 6.07 Å². The number of nitrogens with zero attached hydrogens (tertiary/aromatic N) is 2. The van der Waals surface area contributed by atoms with Gasteiger partial charge in [-0.3, -0.25) is 4.79 Å². The third-order valence-corrected chi connectivity index (χ3v) is 3.32. The van der Waals surface area contributed by atoms with E-state index in [4.69, 9.17) is 5.26 Å². The van der Waals surface area contributed by atoms with Crippen LogP contribution in [-0.4, -0.2) is 13.0 Å². The maximum atomic E-state index is 12.5. The molecule has 0 N–H and O–H groups in total. The first-order valence-corrected chi connectivity index (χ1v) is 6.53. The topological polar surface area (TPSA) is 44.1 Å². The molecule has 0 radical (unpaired) electrons. The average Bonchev–Trinajstić information content (AvgIpc) is 2.53. The summed E-state index contributed by atoms with van der Waals surface area (Å²) in [6.07, 6.45) is 0.823. The highest BCUT2D eigenvalue weighted by Crippen LogP contribution is 2.18. The molecule has 20 heavy (non-hydrogen) atoms. The van der Waals surface area contributed by atoms with Crippen LogP contribution in [0.1, 0.15) is 28.4 Å². The Balaban J connectivity index is 2.30. The van der Waals surface area contributed by atoms with E-state index in [0.29, 0.717) is 5.56 Å². The third-order valence-electron chi connectivity index (χ3n) is 3.32. The number of hydrogen-bond donors (Lipinski definition) is 0. The van der Waals surface area contributed by atoms with Crippen LogP contribution in [0.2, 0.25) is 0 Å². The summed E-state index contributed by atoms with van der Waals surface area (Å²) in [6, 6.07) is 16.7. The Hall–Kier alpha value is -2.60. The smallest absolute Gasteiger partial charge is 0.258 e. The number of aryl methyl sites for hydroxylation is 1. The Kier molecular flexibility index (Phi) is 4.17. The molecule has 3 nitrogen and oxygen atoms in total. The van der Waals surface area contributed by atoms with Crippen molar-refractivity contribution < 1.29 is 4.79 Å². The van der Waals surface area contributed by atoms with Crippen molar-refractivity contribution in [3.8, 4) is 6.07 Å². The summed E-state index contributed by atoms with van der Waals surface area (Å²) in [6.45, 7) is 2.04. The van der Waals surface area contributed by atoms with Gasteiger partial charge < -0.3 is 4.90 Å². The molecule has 0 saturated carbocycles. The molecule has 2 aromatic rings. The van der Waals surface area contributed by atoms with E-state index in [1.807, 2.05) is 31.2 Å². The van der Waals surface area contributed by atoms with Crippen LogP contribution in [0.3, 0.4) is 0 Å². The monoisotopic (exact) mass is 264 g/mol. The summed E-state index contributed by atoms with van der Waals surface area (Å²) in [5, 5.41) is 8.79. The van der Waals surface area contributed by atoms with Crippen LogP contribution in [-0.2, 0) is 6.42 Å². The Morgan fingerprint density at radius 2 is 1.80 bits per heavy atom. The summed E-state index contributed by atoms with van der Waals surface area (Å²) >= 11 is 0. The van der Waals surface area contributed by atoms with Gasteiger partial charge in [0, 0.05) is 18.3 Å². The first kappa shape index (κ1) is 13.8. The second-order valence-electron chi connectivity index (χ2n) is 4.53. The van der Waals surface area contributed by atoms with Gasteiger partial charge in [0.1, 0.15) is 0 Å². The Morgan fingerprint density at radius 3 is 2.40 bits per heavy atom. The molecule has 0 unspecified atom stereocenters. The SMILES string of the molecule is CCc1ccccc1C(=O)N(C)c1ccc(C#N)cc1. The first-order chi connectivity index (χ1) is 9.67. The van der Waals surface area contributed by atoms with Crippen molar-refractivity contribution in [1.29, 1.82) is 5.26 Å². The van der Waals surface area contributed by atoms with Gasteiger partial charge in [-0.1, -0.05) is 25.1 Å². The molecule has 0 atom stereocenters. The van der Waals surface area contributed by atoms with E-state index in [0.717, 1.165) is 23.2 Å². The van der Waals surface area contributed by atoms with Crippen LogP contribution in [0, 0.1) is 11.3 Å². The van der Waals surface area contributed by atoms with Crippen molar-refractivity contribution in [2.75, 3.05) is 11.9 Å². The van der Waals surface area contributed by atoms with Gasteiger partial charge in [0.15, 0.2) is 0 Å². The maximum absolute atomic E-state index is 12.5. The number of nitriles is 1. The van der Waals surface area contributed by atoms with Crippen molar-refractivity contribution in [2.24, 2.45) is 0 Å². The lowest BCUT2D eigenvalue weighted by Gasteiger charge is -2.19. The number of carbonyl (C=O) groups excluding carboxylic acids is 1. The van der Waals surface area contributed by atoms with Gasteiger partial charge in [0.25, 0.3) is 5.91 Å². The molecule has 0 heterocycles. The first-order valence-electron chi connectivity index (χ1n) is 6.53. The van der Waals surface area contributed by atoms with E-state index >= 15 is 0 Å². The minimum atomic E-state index is -0.0350. The summed E-state index contributed by atoms with van der Waals surface area (Å²) < 4.78 is 0. The summed E-state index contributed by atoms with van der Waals surface area (Å²) in [4.78, 5) is 14.1. The van der Waals surface area contributed by atoms with Crippen molar-refractivity contribution in [3.63, 3.8) is 0 Å². The fraction of sp³-hybridized carbons (Fsp3) is 0.176. The maximum Gasteiger partial charge on any atom is 0.258 e. The zero-order valence-electron chi connectivity index (χ0n) is 11.6. The highest BCUT2D eigenvalue weighted by Gasteiger charge is 2.15. The molecule has 100 valence electrons. The molecule has 1 amide bonds. The zero-order valence-corrected chi connectivity index (χ0v) is 11.6. The summed E-state index contributed by atoms with van der Waals surface area (Å²) in [5.74, 6) is -0.0350. The van der Waals surface area contributed by atoms with E-state index in [1.165, 1.54) is 0 Å². The second kappa shape index (κ2) is 6.03. The molecular weight excluding hydrogens is 248 g/mol. The molecule has 0 aliphatic rings. The van der Waals surface area contributed by atoms with Crippen LogP contribution in [0.4, 0.5) is 5.69 Å². The Bertz CT molecular complexity index is 653. The number of carbonyl (C=O) groups is 1. The lowest BCUT2D eigenvalue weighted by Crippen LogP contribution is -2.27. The largest absolute Gasteiger partial charge is 0.311 e. The van der Waals surface area contributed by atoms with Crippen molar-refractivity contribution in [3.05, 3.63) is 65.2 Å². The van der Waals surface area contributed by atoms with E-state index in [9.17, 15) is 4.79 Å². The van der Waals surface area contributed by atoms with Gasteiger partial charge in [0.05, 0.1) is 11.6 Å². The average molecular weight is 264 g/mol. The number of benzene rings is 2. The molecule has 0 spiro atoms. The summed E-state index contributed by atoms with van der Waals surface area (Å²) in [5.41, 5.74) is 3.13. The quantitative estimate of drug-likeness (QED) is 0.852. The molecule has 0 aromatic heterocycles. The van der Waals surface area contributed by atoms with Crippen molar-refractivity contribution in [1.82, 2.24) is 0 Å². The van der Waals surface area contributed by atoms with Crippen LogP contribution >= 0.6 is 0 Å². The molecule has 2 rings (SSSR count). The van der Waals surface area contributed by atoms with Gasteiger partial charge in [0.2, 0.25) is 0 Å². The van der Waals surface area contributed by atoms with Gasteiger partial charge >= 0.3 is 0 Å². The zero-order chi connectivity index (χ0) is 14.5. The predicted molar refractivity (Wildman–Crippen MR) is 79.7 cm³/mol. The van der Waals surface area contributed by atoms with Gasteiger partial charge in [-0.2, -0.15) is 5.26 Å². The Labute approximate surface area is 119 Å². The Morgan fingerprint density at radius 1 is 1.15 bits per heavy atom. The highest BCUT2D eigenvalue weighted by atomic mass is 16.2. The van der Waals surface area contributed by atoms with E-state index < -0.39 is 0 Å². The molecule has 0 bridgehead atoms. The number of hydrogen-bond acceptors (Lipinski definition) is 2. The minimum Gasteiger partial charge on any atom is -0.311 e. The van der Waals surface area contributed by atoms with Crippen molar-refractivity contribution >= 4 is 11.6 Å². The van der Waals surface area contributed by atoms with Crippen LogP contribution in [0.5, 0.6) is 0 Å². The molecule has 0 aliphatic carbocycles. The standard InChI is InChI=1S/C17H16N2O/c1-3-14-6-4-5-7-16(14)17(20)19(2)15-10-8-13(12-18)9-11-15/h4-11H,3H2,1-2H3. The fourth-order valence-corrected chi connectivity index (χ4v) is 2.09. The highest BCUT2D eigenvalue weighted by molar-refractivity contribution is 6.06. The molecule has 3 heteroatoms. The van der Waals surface area contributed by atoms with E-state index in [1.54, 1.807) is 36.2 Å². The van der Waals surface area contributed by atoms with Gasteiger partial charge in [-0.25, -0.2) is 0 Å². The molecule has 0 saturated heterocycles. The predicted octanol–water partition coefficient (Wildman–Crippen LogP) is 3.40. The molecule has 0 aliphatic heterocycles. The van der Waals surface area contributed by atoms with Gasteiger partial charge in [-0.15, -0.1) is 0 Å². The van der Waals surface area contributed by atoms with Crippen LogP contribution in [0.15, 0.2) is 48.5 Å². The van der Waals surface area contributed by atoms with Crippen molar-refractivity contribution in [2.45, 2.75) is 13.3 Å². The third kappa shape index (κ3) is 2.70. The molecule has 0 fully saturated rings. The molecule has 2 aromatic carbocycles. The number of amides is 1.